The molecule has 0 spiro atoms. The number of halogens is 2. The molecule has 2 aromatic rings. The minimum Gasteiger partial charge on any atom is -0.309 e. The maximum Gasteiger partial charge on any atom is 0.257 e. The van der Waals surface area contributed by atoms with Crippen LogP contribution in [0.4, 0.5) is 8.78 Å². The molecule has 3 rings (SSSR count). The van der Waals surface area contributed by atoms with Gasteiger partial charge in [0.1, 0.15) is 11.4 Å². The second-order valence-corrected chi connectivity index (χ2v) is 7.09. The fourth-order valence-electron chi connectivity index (χ4n) is 2.44. The van der Waals surface area contributed by atoms with Gasteiger partial charge < -0.3 is 5.32 Å². The van der Waals surface area contributed by atoms with Crippen molar-refractivity contribution in [2.24, 2.45) is 0 Å². The molecular formula is C14H16F2N4O2S. The monoisotopic (exact) mass is 342 g/mol. The molecule has 124 valence electrons. The molecule has 2 N–H and O–H groups in total. The summed E-state index contributed by atoms with van der Waals surface area (Å²) in [5.74, 6) is 0. The minimum atomic E-state index is -3.78. The fraction of sp³-hybridized carbons (Fsp3) is 0.357. The molecule has 6 nitrogen and oxygen atoms in total. The first-order chi connectivity index (χ1) is 10.9. The van der Waals surface area contributed by atoms with Gasteiger partial charge in [-0.25, -0.2) is 21.9 Å². The van der Waals surface area contributed by atoms with E-state index in [4.69, 9.17) is 0 Å². The van der Waals surface area contributed by atoms with E-state index in [0.717, 1.165) is 41.3 Å². The molecule has 1 aromatic carbocycles. The summed E-state index contributed by atoms with van der Waals surface area (Å²) in [4.78, 5) is -0.124. The largest absolute Gasteiger partial charge is 0.309 e. The maximum atomic E-state index is 12.3. The molecule has 1 aliphatic heterocycles. The molecule has 0 saturated carbocycles. The summed E-state index contributed by atoms with van der Waals surface area (Å²) in [6, 6.07) is 5.80. The highest BCUT2D eigenvalue weighted by molar-refractivity contribution is 7.89. The third kappa shape index (κ3) is 3.74. The predicted octanol–water partition coefficient (Wildman–Crippen LogP) is 1.23. The first-order valence-corrected chi connectivity index (χ1v) is 8.54. The van der Waals surface area contributed by atoms with Gasteiger partial charge in [0, 0.05) is 25.8 Å². The zero-order valence-electron chi connectivity index (χ0n) is 12.2. The van der Waals surface area contributed by atoms with Crippen molar-refractivity contribution >= 4 is 10.0 Å². The lowest BCUT2D eigenvalue weighted by molar-refractivity contribution is 0.121. The van der Waals surface area contributed by atoms with E-state index >= 15 is 0 Å². The zero-order valence-corrected chi connectivity index (χ0v) is 13.0. The van der Waals surface area contributed by atoms with E-state index in [9.17, 15) is 17.2 Å². The molecule has 2 heterocycles. The first kappa shape index (κ1) is 16.0. The summed E-state index contributed by atoms with van der Waals surface area (Å²) in [7, 11) is -3.78. The van der Waals surface area contributed by atoms with Crippen molar-refractivity contribution in [3.05, 3.63) is 47.3 Å². The Labute approximate surface area is 132 Å². The van der Waals surface area contributed by atoms with Gasteiger partial charge in [-0.1, -0.05) is 18.2 Å². The quantitative estimate of drug-likeness (QED) is 0.828. The number of aromatic nitrogens is 2. The van der Waals surface area contributed by atoms with Crippen molar-refractivity contribution in [2.45, 2.75) is 37.5 Å². The summed E-state index contributed by atoms with van der Waals surface area (Å²) in [6.07, 6.45) is -0.420. The van der Waals surface area contributed by atoms with Gasteiger partial charge in [0.05, 0.1) is 6.20 Å². The van der Waals surface area contributed by atoms with Gasteiger partial charge in [0.2, 0.25) is 10.0 Å². The number of sulfonamides is 1. The molecule has 0 bridgehead atoms. The molecule has 1 aliphatic rings. The Morgan fingerprint density at radius 3 is 2.87 bits per heavy atom. The Hall–Kier alpha value is -1.84. The number of rotatable bonds is 6. The summed E-state index contributed by atoms with van der Waals surface area (Å²) < 4.78 is 52.3. The van der Waals surface area contributed by atoms with Crippen LogP contribution in [-0.4, -0.2) is 24.6 Å². The van der Waals surface area contributed by atoms with E-state index in [-0.39, 0.29) is 11.4 Å². The third-order valence-electron chi connectivity index (χ3n) is 3.61. The summed E-state index contributed by atoms with van der Waals surface area (Å²) in [5.41, 5.74) is 3.22. The van der Waals surface area contributed by atoms with Gasteiger partial charge in [0.25, 0.3) is 6.43 Å². The standard InChI is InChI=1S/C14H16F2N4O2S/c15-14(16)9-20-8-13(7-18-20)23(21,22)19-4-10-1-2-11-5-17-6-12(11)3-10/h1-3,7-8,14,17,19H,4-6,9H2. The SMILES string of the molecule is O=S(=O)(NCc1ccc2c(c1)CNC2)c1cnn(CC(F)F)c1. The molecule has 0 fully saturated rings. The van der Waals surface area contributed by atoms with Gasteiger partial charge >= 0.3 is 0 Å². The van der Waals surface area contributed by atoms with E-state index in [1.165, 1.54) is 5.56 Å². The average molecular weight is 342 g/mol. The highest BCUT2D eigenvalue weighted by atomic mass is 32.2. The Morgan fingerprint density at radius 2 is 2.09 bits per heavy atom. The number of hydrogen-bond acceptors (Lipinski definition) is 4. The van der Waals surface area contributed by atoms with Crippen LogP contribution in [0.3, 0.4) is 0 Å². The van der Waals surface area contributed by atoms with Gasteiger partial charge in [-0.15, -0.1) is 0 Å². The van der Waals surface area contributed by atoms with Crippen molar-refractivity contribution in [3.63, 3.8) is 0 Å². The van der Waals surface area contributed by atoms with Crippen LogP contribution in [0.5, 0.6) is 0 Å². The average Bonchev–Trinajstić information content (AvgIpc) is 3.13. The number of nitrogens with one attached hydrogen (secondary N) is 2. The van der Waals surface area contributed by atoms with E-state index in [1.807, 2.05) is 18.2 Å². The molecule has 0 aliphatic carbocycles. The third-order valence-corrected chi connectivity index (χ3v) is 4.97. The lowest BCUT2D eigenvalue weighted by atomic mass is 10.1. The van der Waals surface area contributed by atoms with E-state index in [2.05, 4.69) is 15.1 Å². The van der Waals surface area contributed by atoms with Gasteiger partial charge in [-0.3, -0.25) is 4.68 Å². The van der Waals surface area contributed by atoms with Crippen LogP contribution in [0, 0.1) is 0 Å². The molecule has 23 heavy (non-hydrogen) atoms. The Kier molecular flexibility index (Phi) is 4.42. The lowest BCUT2D eigenvalue weighted by Gasteiger charge is -2.07. The predicted molar refractivity (Wildman–Crippen MR) is 79.2 cm³/mol. The maximum absolute atomic E-state index is 12.3. The summed E-state index contributed by atoms with van der Waals surface area (Å²) in [5, 5.41) is 6.85. The van der Waals surface area contributed by atoms with Crippen LogP contribution in [0.15, 0.2) is 35.5 Å². The summed E-state index contributed by atoms with van der Waals surface area (Å²) in [6.45, 7) is 1.10. The van der Waals surface area contributed by atoms with Crippen LogP contribution in [-0.2, 0) is 36.2 Å². The number of alkyl halides is 2. The molecule has 0 saturated heterocycles. The van der Waals surface area contributed by atoms with Gasteiger partial charge in [0.15, 0.2) is 0 Å². The minimum absolute atomic E-state index is 0.124. The van der Waals surface area contributed by atoms with Crippen molar-refractivity contribution < 1.29 is 17.2 Å². The van der Waals surface area contributed by atoms with Crippen LogP contribution in [0.1, 0.15) is 16.7 Å². The van der Waals surface area contributed by atoms with E-state index in [1.54, 1.807) is 0 Å². The highest BCUT2D eigenvalue weighted by Gasteiger charge is 2.18. The van der Waals surface area contributed by atoms with E-state index < -0.39 is 23.0 Å². The zero-order chi connectivity index (χ0) is 16.4. The second-order valence-electron chi connectivity index (χ2n) is 5.32. The number of hydrogen-bond donors (Lipinski definition) is 2. The first-order valence-electron chi connectivity index (χ1n) is 7.06. The number of fused-ring (bicyclic) bond motifs is 1. The molecule has 0 atom stereocenters. The molecule has 0 unspecified atom stereocenters. The van der Waals surface area contributed by atoms with Crippen LogP contribution < -0.4 is 10.0 Å². The van der Waals surface area contributed by atoms with Crippen LogP contribution in [0.25, 0.3) is 0 Å². The molecule has 1 aromatic heterocycles. The van der Waals surface area contributed by atoms with E-state index in [0.29, 0.717) is 0 Å². The highest BCUT2D eigenvalue weighted by Crippen LogP contribution is 2.17. The van der Waals surface area contributed by atoms with Gasteiger partial charge in [-0.05, 0) is 16.7 Å². The molecule has 9 heteroatoms. The fourth-order valence-corrected chi connectivity index (χ4v) is 3.41. The van der Waals surface area contributed by atoms with Crippen molar-refractivity contribution in [2.75, 3.05) is 0 Å². The van der Waals surface area contributed by atoms with Crippen molar-refractivity contribution in [3.8, 4) is 0 Å². The van der Waals surface area contributed by atoms with Crippen molar-refractivity contribution in [1.82, 2.24) is 19.8 Å². The lowest BCUT2D eigenvalue weighted by Crippen LogP contribution is -2.23. The topological polar surface area (TPSA) is 76.0 Å². The van der Waals surface area contributed by atoms with Crippen molar-refractivity contribution in [1.29, 1.82) is 0 Å². The molecule has 0 amide bonds. The smallest absolute Gasteiger partial charge is 0.257 e. The van der Waals surface area contributed by atoms with Crippen LogP contribution in [0.2, 0.25) is 0 Å². The Bertz CT molecular complexity index is 805. The number of benzene rings is 1. The Balaban J connectivity index is 1.68. The second kappa shape index (κ2) is 6.34. The number of nitrogens with zero attached hydrogens (tertiary/aromatic N) is 2. The normalized spacial score (nSPS) is 14.4. The van der Waals surface area contributed by atoms with Gasteiger partial charge in [-0.2, -0.15) is 5.10 Å². The summed E-state index contributed by atoms with van der Waals surface area (Å²) >= 11 is 0. The van der Waals surface area contributed by atoms with Crippen LogP contribution >= 0.6 is 0 Å². The molecule has 0 radical (unpaired) electrons. The molecular weight excluding hydrogens is 326 g/mol. The Morgan fingerprint density at radius 1 is 1.30 bits per heavy atom.